The Morgan fingerprint density at radius 3 is 2.92 bits per heavy atom. The number of nitrogen functional groups attached to an aromatic ring is 1. The van der Waals surface area contributed by atoms with E-state index >= 15 is 0 Å². The molecule has 25 heavy (non-hydrogen) atoms. The molecule has 3 fully saturated rings. The van der Waals surface area contributed by atoms with Gasteiger partial charge in [-0.2, -0.15) is 0 Å². The second kappa shape index (κ2) is 6.01. The fourth-order valence-corrected chi connectivity index (χ4v) is 5.48. The number of aromatic nitrogens is 2. The van der Waals surface area contributed by atoms with Gasteiger partial charge in [-0.15, -0.1) is 0 Å². The first kappa shape index (κ1) is 16.9. The lowest BCUT2D eigenvalue weighted by molar-refractivity contribution is 0.120. The molecule has 1 saturated carbocycles. The quantitative estimate of drug-likeness (QED) is 0.873. The van der Waals surface area contributed by atoms with Crippen LogP contribution in [-0.2, 0) is 4.74 Å². The number of hydrogen-bond acceptors (Lipinski definition) is 6. The Kier molecular flexibility index (Phi) is 4.06. The minimum atomic E-state index is 0.267. The summed E-state index contributed by atoms with van der Waals surface area (Å²) in [7, 11) is 0. The maximum atomic E-state index is 6.47. The summed E-state index contributed by atoms with van der Waals surface area (Å²) in [6.45, 7) is 9.84. The predicted octanol–water partition coefficient (Wildman–Crippen LogP) is 3.05. The molecule has 6 heteroatoms. The van der Waals surface area contributed by atoms with Crippen molar-refractivity contribution in [2.45, 2.75) is 65.0 Å². The normalized spacial score (nSPS) is 33.6. The molecule has 3 atom stereocenters. The van der Waals surface area contributed by atoms with E-state index < -0.39 is 0 Å². The van der Waals surface area contributed by atoms with Crippen LogP contribution in [0.25, 0.3) is 0 Å². The fraction of sp³-hybridized carbons (Fsp3) is 0.789. The monoisotopic (exact) mass is 345 g/mol. The van der Waals surface area contributed by atoms with Gasteiger partial charge in [0.2, 0.25) is 0 Å². The molecule has 0 radical (unpaired) electrons. The Hall–Kier alpha value is -1.56. The third-order valence-electron chi connectivity index (χ3n) is 6.07. The van der Waals surface area contributed by atoms with Crippen LogP contribution in [0.5, 0.6) is 0 Å². The van der Waals surface area contributed by atoms with Crippen molar-refractivity contribution in [2.24, 2.45) is 10.8 Å². The van der Waals surface area contributed by atoms with E-state index in [2.05, 4.69) is 41.0 Å². The van der Waals surface area contributed by atoms with E-state index in [1.807, 2.05) is 0 Å². The number of nitrogens with zero attached hydrogens (tertiary/aromatic N) is 3. The minimum Gasteiger partial charge on any atom is -0.393 e. The summed E-state index contributed by atoms with van der Waals surface area (Å²) < 4.78 is 5.68. The van der Waals surface area contributed by atoms with Crippen LogP contribution in [0.3, 0.4) is 0 Å². The smallest absolute Gasteiger partial charge is 0.157 e. The molecule has 0 amide bonds. The lowest BCUT2D eigenvalue weighted by Crippen LogP contribution is -2.35. The summed E-state index contributed by atoms with van der Waals surface area (Å²) in [6.07, 6.45) is 7.85. The van der Waals surface area contributed by atoms with Crippen molar-refractivity contribution >= 4 is 17.3 Å². The summed E-state index contributed by atoms with van der Waals surface area (Å²) in [5, 5.41) is 3.38. The highest BCUT2D eigenvalue weighted by molar-refractivity contribution is 5.75. The molecule has 0 aromatic carbocycles. The fourth-order valence-electron chi connectivity index (χ4n) is 5.48. The molecule has 2 saturated heterocycles. The second-order valence-electron chi connectivity index (χ2n) is 9.32. The standard InChI is InChI=1S/C19H31N5O/c1-18(2)7-13-8-19(3,10-18)11-24(13)17-15(20)16(22-12-23-17)21-9-14-5-4-6-25-14/h12-14H,4-11,20H2,1-3H3,(H,21,22,23). The third-order valence-corrected chi connectivity index (χ3v) is 6.07. The van der Waals surface area contributed by atoms with Crippen LogP contribution in [0, 0.1) is 10.8 Å². The number of rotatable bonds is 4. The topological polar surface area (TPSA) is 76.3 Å². The minimum absolute atomic E-state index is 0.267. The number of ether oxygens (including phenoxy) is 1. The van der Waals surface area contributed by atoms with Crippen molar-refractivity contribution in [1.82, 2.24) is 9.97 Å². The summed E-state index contributed by atoms with van der Waals surface area (Å²) in [6, 6.07) is 0.525. The van der Waals surface area contributed by atoms with Crippen molar-refractivity contribution in [3.05, 3.63) is 6.33 Å². The van der Waals surface area contributed by atoms with Gasteiger partial charge in [-0.05, 0) is 42.9 Å². The Bertz CT molecular complexity index is 643. The Balaban J connectivity index is 1.53. The average molecular weight is 345 g/mol. The molecular formula is C19H31N5O. The van der Waals surface area contributed by atoms with Gasteiger partial charge in [0, 0.05) is 25.7 Å². The molecule has 2 bridgehead atoms. The summed E-state index contributed by atoms with van der Waals surface area (Å²) >= 11 is 0. The summed E-state index contributed by atoms with van der Waals surface area (Å²) in [5.41, 5.74) is 7.89. The zero-order valence-electron chi connectivity index (χ0n) is 15.7. The molecule has 1 aliphatic carbocycles. The van der Waals surface area contributed by atoms with Crippen LogP contribution >= 0.6 is 0 Å². The first-order chi connectivity index (χ1) is 11.9. The van der Waals surface area contributed by atoms with Crippen molar-refractivity contribution in [3.63, 3.8) is 0 Å². The SMILES string of the molecule is CC1(C)CC2CC(C)(CN2c2ncnc(NCC3CCCO3)c2N)C1. The lowest BCUT2D eigenvalue weighted by atomic mass is 9.65. The van der Waals surface area contributed by atoms with Crippen LogP contribution in [-0.4, -0.2) is 41.8 Å². The summed E-state index contributed by atoms with van der Waals surface area (Å²) in [5.74, 6) is 1.64. The molecule has 1 aromatic heterocycles. The van der Waals surface area contributed by atoms with Crippen LogP contribution in [0.15, 0.2) is 6.33 Å². The zero-order valence-corrected chi connectivity index (χ0v) is 15.7. The average Bonchev–Trinajstić information content (AvgIpc) is 3.11. The zero-order chi connectivity index (χ0) is 17.7. The van der Waals surface area contributed by atoms with E-state index in [0.717, 1.165) is 44.2 Å². The molecule has 6 nitrogen and oxygen atoms in total. The Morgan fingerprint density at radius 1 is 1.32 bits per heavy atom. The number of hydrogen-bond donors (Lipinski definition) is 2. The molecule has 138 valence electrons. The molecule has 3 aliphatic rings. The molecule has 4 rings (SSSR count). The van der Waals surface area contributed by atoms with E-state index in [-0.39, 0.29) is 6.10 Å². The first-order valence-corrected chi connectivity index (χ1v) is 9.58. The van der Waals surface area contributed by atoms with Gasteiger partial charge >= 0.3 is 0 Å². The van der Waals surface area contributed by atoms with Crippen molar-refractivity contribution in [1.29, 1.82) is 0 Å². The third kappa shape index (κ3) is 3.28. The molecule has 3 unspecified atom stereocenters. The van der Waals surface area contributed by atoms with E-state index in [9.17, 15) is 0 Å². The Labute approximate surface area is 150 Å². The van der Waals surface area contributed by atoms with Crippen molar-refractivity contribution < 1.29 is 4.74 Å². The summed E-state index contributed by atoms with van der Waals surface area (Å²) in [4.78, 5) is 11.4. The van der Waals surface area contributed by atoms with E-state index in [1.165, 1.54) is 19.3 Å². The number of nitrogens with one attached hydrogen (secondary N) is 1. The van der Waals surface area contributed by atoms with Crippen molar-refractivity contribution in [3.8, 4) is 0 Å². The van der Waals surface area contributed by atoms with Gasteiger partial charge in [-0.1, -0.05) is 20.8 Å². The predicted molar refractivity (Wildman–Crippen MR) is 101 cm³/mol. The maximum absolute atomic E-state index is 6.47. The highest BCUT2D eigenvalue weighted by Crippen LogP contribution is 2.53. The van der Waals surface area contributed by atoms with Gasteiger partial charge in [0.15, 0.2) is 11.6 Å². The van der Waals surface area contributed by atoms with Gasteiger partial charge in [-0.25, -0.2) is 9.97 Å². The Morgan fingerprint density at radius 2 is 2.16 bits per heavy atom. The number of nitrogens with two attached hydrogens (primary N) is 1. The highest BCUT2D eigenvalue weighted by atomic mass is 16.5. The molecular weight excluding hydrogens is 314 g/mol. The van der Waals surface area contributed by atoms with Crippen LogP contribution in [0.4, 0.5) is 17.3 Å². The van der Waals surface area contributed by atoms with E-state index in [4.69, 9.17) is 10.5 Å². The number of anilines is 3. The van der Waals surface area contributed by atoms with Gasteiger partial charge in [0.1, 0.15) is 12.0 Å². The van der Waals surface area contributed by atoms with Gasteiger partial charge < -0.3 is 20.7 Å². The molecule has 0 spiro atoms. The molecule has 3 heterocycles. The number of fused-ring (bicyclic) bond motifs is 2. The van der Waals surface area contributed by atoms with Crippen LogP contribution in [0.1, 0.15) is 52.9 Å². The van der Waals surface area contributed by atoms with Gasteiger partial charge in [0.05, 0.1) is 6.10 Å². The second-order valence-corrected chi connectivity index (χ2v) is 9.32. The van der Waals surface area contributed by atoms with Crippen molar-refractivity contribution in [2.75, 3.05) is 35.6 Å². The molecule has 1 aromatic rings. The van der Waals surface area contributed by atoms with Crippen LogP contribution < -0.4 is 16.0 Å². The van der Waals surface area contributed by atoms with E-state index in [1.54, 1.807) is 6.33 Å². The largest absolute Gasteiger partial charge is 0.393 e. The van der Waals surface area contributed by atoms with Gasteiger partial charge in [-0.3, -0.25) is 0 Å². The molecule has 2 aliphatic heterocycles. The highest BCUT2D eigenvalue weighted by Gasteiger charge is 2.50. The first-order valence-electron chi connectivity index (χ1n) is 9.58. The van der Waals surface area contributed by atoms with Gasteiger partial charge in [0.25, 0.3) is 0 Å². The maximum Gasteiger partial charge on any atom is 0.157 e. The lowest BCUT2D eigenvalue weighted by Gasteiger charge is -2.39. The van der Waals surface area contributed by atoms with E-state index in [0.29, 0.717) is 22.6 Å². The van der Waals surface area contributed by atoms with Crippen LogP contribution in [0.2, 0.25) is 0 Å². The molecule has 3 N–H and O–H groups in total.